The molecule has 0 radical (unpaired) electrons. The van der Waals surface area contributed by atoms with Crippen LogP contribution in [-0.2, 0) is 0 Å². The Balaban J connectivity index is 2.07. The van der Waals surface area contributed by atoms with Crippen LogP contribution in [0.5, 0.6) is 0 Å². The molecule has 13 heavy (non-hydrogen) atoms. The molecule has 0 heterocycles. The van der Waals surface area contributed by atoms with E-state index in [-0.39, 0.29) is 17.4 Å². The van der Waals surface area contributed by atoms with E-state index in [0.29, 0.717) is 0 Å². The average molecular weight is 179 g/mol. The maximum absolute atomic E-state index is 9.90. The fraction of sp³-hybridized carbons (Fsp3) is 0.909. The quantitative estimate of drug-likeness (QED) is 0.627. The normalized spacial score (nSPS) is 37.5. The molecule has 2 aliphatic rings. The van der Waals surface area contributed by atoms with E-state index in [9.17, 15) is 5.11 Å². The Morgan fingerprint density at radius 2 is 1.85 bits per heavy atom. The van der Waals surface area contributed by atoms with Crippen LogP contribution in [-0.4, -0.2) is 11.2 Å². The van der Waals surface area contributed by atoms with Crippen molar-refractivity contribution in [1.82, 2.24) is 0 Å². The Hall–Kier alpha value is -0.550. The Labute approximate surface area is 79.6 Å². The number of hydrogen-bond acceptors (Lipinski definition) is 2. The van der Waals surface area contributed by atoms with E-state index in [4.69, 9.17) is 5.26 Å². The van der Waals surface area contributed by atoms with Crippen LogP contribution in [0.25, 0.3) is 0 Å². The SMILES string of the molecule is N#CC1(C2CCCCCC2O)CC1. The third-order valence-electron chi connectivity index (χ3n) is 3.70. The predicted molar refractivity (Wildman–Crippen MR) is 49.9 cm³/mol. The second kappa shape index (κ2) is 3.31. The maximum atomic E-state index is 9.90. The molecule has 2 nitrogen and oxygen atoms in total. The van der Waals surface area contributed by atoms with Crippen LogP contribution in [0.4, 0.5) is 0 Å². The maximum Gasteiger partial charge on any atom is 0.0693 e. The Morgan fingerprint density at radius 3 is 2.46 bits per heavy atom. The van der Waals surface area contributed by atoms with Gasteiger partial charge in [-0.3, -0.25) is 0 Å². The molecular weight excluding hydrogens is 162 g/mol. The van der Waals surface area contributed by atoms with Gasteiger partial charge in [-0.2, -0.15) is 5.26 Å². The zero-order valence-electron chi connectivity index (χ0n) is 8.00. The van der Waals surface area contributed by atoms with Crippen LogP contribution >= 0.6 is 0 Å². The molecule has 0 spiro atoms. The fourth-order valence-corrected chi connectivity index (χ4v) is 2.63. The van der Waals surface area contributed by atoms with Gasteiger partial charge in [0.25, 0.3) is 0 Å². The van der Waals surface area contributed by atoms with Crippen molar-refractivity contribution in [2.24, 2.45) is 11.3 Å². The average Bonchev–Trinajstić information content (AvgIpc) is 2.90. The highest BCUT2D eigenvalue weighted by molar-refractivity contribution is 5.14. The van der Waals surface area contributed by atoms with Crippen LogP contribution in [0.1, 0.15) is 44.9 Å². The molecular formula is C11H17NO. The molecule has 0 saturated heterocycles. The summed E-state index contributed by atoms with van der Waals surface area (Å²) >= 11 is 0. The lowest BCUT2D eigenvalue weighted by molar-refractivity contribution is 0.0729. The van der Waals surface area contributed by atoms with Gasteiger partial charge in [-0.1, -0.05) is 19.3 Å². The molecule has 2 saturated carbocycles. The van der Waals surface area contributed by atoms with E-state index in [0.717, 1.165) is 32.1 Å². The van der Waals surface area contributed by atoms with E-state index in [1.807, 2.05) is 0 Å². The van der Waals surface area contributed by atoms with E-state index >= 15 is 0 Å². The van der Waals surface area contributed by atoms with Crippen molar-refractivity contribution in [2.45, 2.75) is 51.0 Å². The zero-order valence-corrected chi connectivity index (χ0v) is 8.00. The minimum atomic E-state index is -0.204. The second-order valence-corrected chi connectivity index (χ2v) is 4.58. The van der Waals surface area contributed by atoms with Gasteiger partial charge in [0.15, 0.2) is 0 Å². The summed E-state index contributed by atoms with van der Waals surface area (Å²) in [5, 5.41) is 19.0. The standard InChI is InChI=1S/C11H17NO/c12-8-11(6-7-11)9-4-2-1-3-5-10(9)13/h9-10,13H,1-7H2. The molecule has 2 rings (SSSR count). The molecule has 0 amide bonds. The van der Waals surface area contributed by atoms with Gasteiger partial charge < -0.3 is 5.11 Å². The van der Waals surface area contributed by atoms with Gasteiger partial charge in [-0.15, -0.1) is 0 Å². The molecule has 2 atom stereocenters. The monoisotopic (exact) mass is 179 g/mol. The van der Waals surface area contributed by atoms with Gasteiger partial charge in [-0.25, -0.2) is 0 Å². The van der Waals surface area contributed by atoms with Crippen molar-refractivity contribution in [3.05, 3.63) is 0 Å². The minimum Gasteiger partial charge on any atom is -0.393 e. The number of rotatable bonds is 1. The van der Waals surface area contributed by atoms with Crippen molar-refractivity contribution in [3.8, 4) is 6.07 Å². The summed E-state index contributed by atoms with van der Waals surface area (Å²) in [5.41, 5.74) is -0.121. The van der Waals surface area contributed by atoms with Gasteiger partial charge in [0.05, 0.1) is 17.6 Å². The highest BCUT2D eigenvalue weighted by Gasteiger charge is 2.52. The number of nitrogens with zero attached hydrogens (tertiary/aromatic N) is 1. The van der Waals surface area contributed by atoms with Crippen molar-refractivity contribution < 1.29 is 5.11 Å². The van der Waals surface area contributed by atoms with Crippen LogP contribution in [0.2, 0.25) is 0 Å². The third-order valence-corrected chi connectivity index (χ3v) is 3.70. The molecule has 0 aromatic rings. The summed E-state index contributed by atoms with van der Waals surface area (Å²) < 4.78 is 0. The number of aliphatic hydroxyl groups is 1. The third kappa shape index (κ3) is 1.58. The number of hydrogen-bond donors (Lipinski definition) is 1. The van der Waals surface area contributed by atoms with E-state index in [2.05, 4.69) is 6.07 Å². The summed E-state index contributed by atoms with van der Waals surface area (Å²) in [6.07, 6.45) is 7.38. The van der Waals surface area contributed by atoms with Gasteiger partial charge in [0, 0.05) is 5.92 Å². The zero-order chi connectivity index (χ0) is 9.31. The summed E-state index contributed by atoms with van der Waals surface area (Å²) in [4.78, 5) is 0. The molecule has 2 fully saturated rings. The highest BCUT2D eigenvalue weighted by atomic mass is 16.3. The first kappa shape index (κ1) is 9.02. The lowest BCUT2D eigenvalue weighted by atomic mass is 9.82. The van der Waals surface area contributed by atoms with E-state index in [1.54, 1.807) is 0 Å². The number of aliphatic hydroxyl groups excluding tert-OH is 1. The molecule has 0 aromatic heterocycles. The lowest BCUT2D eigenvalue weighted by Crippen LogP contribution is -2.27. The Kier molecular flexibility index (Phi) is 2.29. The van der Waals surface area contributed by atoms with Gasteiger partial charge >= 0.3 is 0 Å². The van der Waals surface area contributed by atoms with Crippen molar-refractivity contribution >= 4 is 0 Å². The van der Waals surface area contributed by atoms with Crippen LogP contribution in [0.3, 0.4) is 0 Å². The highest BCUT2D eigenvalue weighted by Crippen LogP contribution is 2.55. The van der Waals surface area contributed by atoms with Gasteiger partial charge in [0.2, 0.25) is 0 Å². The van der Waals surface area contributed by atoms with Crippen molar-refractivity contribution in [1.29, 1.82) is 5.26 Å². The first-order valence-electron chi connectivity index (χ1n) is 5.38. The molecule has 0 aromatic carbocycles. The van der Waals surface area contributed by atoms with Gasteiger partial charge in [-0.05, 0) is 25.7 Å². The van der Waals surface area contributed by atoms with E-state index in [1.165, 1.54) is 12.8 Å². The fourth-order valence-electron chi connectivity index (χ4n) is 2.63. The number of nitriles is 1. The first-order valence-corrected chi connectivity index (χ1v) is 5.38. The van der Waals surface area contributed by atoms with Crippen LogP contribution < -0.4 is 0 Å². The molecule has 0 bridgehead atoms. The summed E-state index contributed by atoms with van der Waals surface area (Å²) in [6.45, 7) is 0. The topological polar surface area (TPSA) is 44.0 Å². The summed E-state index contributed by atoms with van der Waals surface area (Å²) in [6, 6.07) is 2.42. The molecule has 0 aliphatic heterocycles. The van der Waals surface area contributed by atoms with Crippen LogP contribution in [0.15, 0.2) is 0 Å². The molecule has 1 N–H and O–H groups in total. The molecule has 72 valence electrons. The largest absolute Gasteiger partial charge is 0.393 e. The molecule has 2 heteroatoms. The lowest BCUT2D eigenvalue weighted by Gasteiger charge is -2.24. The molecule has 2 unspecified atom stereocenters. The smallest absolute Gasteiger partial charge is 0.0693 e. The summed E-state index contributed by atoms with van der Waals surface area (Å²) in [5.74, 6) is 0.278. The Morgan fingerprint density at radius 1 is 1.15 bits per heavy atom. The van der Waals surface area contributed by atoms with E-state index < -0.39 is 0 Å². The predicted octanol–water partition coefficient (Wildman–Crippen LogP) is 2.23. The summed E-state index contributed by atoms with van der Waals surface area (Å²) in [7, 11) is 0. The first-order chi connectivity index (χ1) is 6.28. The molecule has 2 aliphatic carbocycles. The van der Waals surface area contributed by atoms with Crippen LogP contribution in [0, 0.1) is 22.7 Å². The van der Waals surface area contributed by atoms with Crippen molar-refractivity contribution in [2.75, 3.05) is 0 Å². The second-order valence-electron chi connectivity index (χ2n) is 4.58. The minimum absolute atomic E-state index is 0.121. The van der Waals surface area contributed by atoms with Gasteiger partial charge in [0.1, 0.15) is 0 Å². The van der Waals surface area contributed by atoms with Crippen molar-refractivity contribution in [3.63, 3.8) is 0 Å². The Bertz CT molecular complexity index is 227.